The number of benzene rings is 1. The van der Waals surface area contributed by atoms with Crippen molar-refractivity contribution in [3.05, 3.63) is 39.7 Å². The van der Waals surface area contributed by atoms with E-state index in [4.69, 9.17) is 4.74 Å². The number of aliphatic imine (C=N–C) groups is 1. The van der Waals surface area contributed by atoms with E-state index in [1.165, 1.54) is 17.6 Å². The highest BCUT2D eigenvalue weighted by Crippen LogP contribution is 2.39. The summed E-state index contributed by atoms with van der Waals surface area (Å²) in [5.74, 6) is -1.58. The summed E-state index contributed by atoms with van der Waals surface area (Å²) >= 11 is 4.69. The minimum Gasteiger partial charge on any atom is -0.462 e. The van der Waals surface area contributed by atoms with Gasteiger partial charge in [0.2, 0.25) is 0 Å². The zero-order valence-corrected chi connectivity index (χ0v) is 18.9. The van der Waals surface area contributed by atoms with Crippen molar-refractivity contribution in [2.24, 2.45) is 16.3 Å². The number of rotatable bonds is 5. The highest BCUT2D eigenvalue weighted by Gasteiger charge is 2.38. The number of hydrogen-bond acceptors (Lipinski definition) is 6. The Morgan fingerprint density at radius 1 is 1.24 bits per heavy atom. The number of esters is 1. The van der Waals surface area contributed by atoms with E-state index in [1.807, 2.05) is 43.5 Å². The minimum atomic E-state index is -0.851. The number of hydrogen-bond donors (Lipinski definition) is 0. The molecule has 0 atom stereocenters. The van der Waals surface area contributed by atoms with E-state index in [0.717, 1.165) is 15.6 Å². The molecule has 1 aliphatic carbocycles. The van der Waals surface area contributed by atoms with Gasteiger partial charge in [-0.05, 0) is 30.0 Å². The number of Topliss-reactive ketones (excluding diaryl/α,β-unsaturated/α-hetero) is 2. The smallest absolute Gasteiger partial charge is 0.341 e. The molecule has 0 aliphatic heterocycles. The molecule has 3 rings (SSSR count). The molecular formula is C22H22BrNO4S. The van der Waals surface area contributed by atoms with Gasteiger partial charge < -0.3 is 4.74 Å². The van der Waals surface area contributed by atoms with E-state index >= 15 is 0 Å². The SMILES string of the molecule is CCOC(=O)c1c(-c2ccc(Br)cc2)csc1N=CC1C(=O)CC(C)(C)CC1=O. The van der Waals surface area contributed by atoms with Crippen molar-refractivity contribution >= 4 is 56.0 Å². The van der Waals surface area contributed by atoms with E-state index in [9.17, 15) is 14.4 Å². The van der Waals surface area contributed by atoms with Crippen molar-refractivity contribution in [2.75, 3.05) is 6.61 Å². The van der Waals surface area contributed by atoms with Crippen molar-refractivity contribution in [3.8, 4) is 11.1 Å². The average molecular weight is 476 g/mol. The third kappa shape index (κ3) is 4.90. The molecule has 0 unspecified atom stereocenters. The lowest BCUT2D eigenvalue weighted by molar-refractivity contribution is -0.136. The number of ether oxygens (including phenoxy) is 1. The van der Waals surface area contributed by atoms with Gasteiger partial charge in [-0.2, -0.15) is 0 Å². The van der Waals surface area contributed by atoms with Crippen LogP contribution in [0.3, 0.4) is 0 Å². The molecule has 0 saturated heterocycles. The van der Waals surface area contributed by atoms with Crippen LogP contribution in [0.4, 0.5) is 5.00 Å². The van der Waals surface area contributed by atoms with E-state index in [-0.39, 0.29) is 23.6 Å². The summed E-state index contributed by atoms with van der Waals surface area (Å²) in [6.45, 7) is 5.82. The second kappa shape index (κ2) is 8.71. The zero-order valence-electron chi connectivity index (χ0n) is 16.5. The van der Waals surface area contributed by atoms with Gasteiger partial charge in [-0.1, -0.05) is 41.9 Å². The van der Waals surface area contributed by atoms with Crippen LogP contribution in [0.25, 0.3) is 11.1 Å². The fourth-order valence-corrected chi connectivity index (χ4v) is 4.58. The Morgan fingerprint density at radius 2 is 1.86 bits per heavy atom. The molecule has 0 bridgehead atoms. The molecule has 1 heterocycles. The molecule has 152 valence electrons. The summed E-state index contributed by atoms with van der Waals surface area (Å²) in [5, 5.41) is 2.28. The molecule has 1 aromatic carbocycles. The Bertz CT molecular complexity index is 955. The maximum absolute atomic E-state index is 12.6. The van der Waals surface area contributed by atoms with Gasteiger partial charge in [-0.15, -0.1) is 11.3 Å². The van der Waals surface area contributed by atoms with E-state index in [1.54, 1.807) is 6.92 Å². The van der Waals surface area contributed by atoms with Crippen LogP contribution < -0.4 is 0 Å². The minimum absolute atomic E-state index is 0.127. The van der Waals surface area contributed by atoms with Crippen LogP contribution in [0.5, 0.6) is 0 Å². The van der Waals surface area contributed by atoms with Crippen molar-refractivity contribution in [2.45, 2.75) is 33.6 Å². The summed E-state index contributed by atoms with van der Waals surface area (Å²) in [5.41, 5.74) is 1.62. The Hall–Kier alpha value is -2.12. The van der Waals surface area contributed by atoms with Crippen molar-refractivity contribution in [3.63, 3.8) is 0 Å². The largest absolute Gasteiger partial charge is 0.462 e. The molecule has 29 heavy (non-hydrogen) atoms. The molecule has 1 aromatic heterocycles. The molecule has 0 N–H and O–H groups in total. The van der Waals surface area contributed by atoms with Gasteiger partial charge in [0.05, 0.1) is 6.61 Å². The van der Waals surface area contributed by atoms with Crippen LogP contribution in [0, 0.1) is 11.3 Å². The monoisotopic (exact) mass is 475 g/mol. The summed E-state index contributed by atoms with van der Waals surface area (Å²) < 4.78 is 6.16. The van der Waals surface area contributed by atoms with E-state index < -0.39 is 11.9 Å². The predicted octanol–water partition coefficient (Wildman–Crippen LogP) is 5.63. The van der Waals surface area contributed by atoms with Gasteiger partial charge >= 0.3 is 5.97 Å². The Labute approximate surface area is 182 Å². The lowest BCUT2D eigenvalue weighted by Crippen LogP contribution is -2.38. The molecule has 0 amide bonds. The number of carbonyl (C=O) groups excluding carboxylic acids is 3. The second-order valence-corrected chi connectivity index (χ2v) is 9.54. The van der Waals surface area contributed by atoms with E-state index in [2.05, 4.69) is 20.9 Å². The van der Waals surface area contributed by atoms with Crippen LogP contribution in [-0.4, -0.2) is 30.4 Å². The lowest BCUT2D eigenvalue weighted by atomic mass is 9.72. The first kappa shape index (κ1) is 21.6. The summed E-state index contributed by atoms with van der Waals surface area (Å²) in [7, 11) is 0. The van der Waals surface area contributed by atoms with Gasteiger partial charge in [0.1, 0.15) is 28.0 Å². The topological polar surface area (TPSA) is 72.8 Å². The molecule has 7 heteroatoms. The third-order valence-electron chi connectivity index (χ3n) is 4.75. The molecule has 1 aliphatic rings. The van der Waals surface area contributed by atoms with Gasteiger partial charge in [0, 0.05) is 34.5 Å². The number of ketones is 2. The third-order valence-corrected chi connectivity index (χ3v) is 6.16. The summed E-state index contributed by atoms with van der Waals surface area (Å²) in [6.07, 6.45) is 2.07. The maximum Gasteiger partial charge on any atom is 0.341 e. The van der Waals surface area contributed by atoms with Gasteiger partial charge in [-0.3, -0.25) is 9.59 Å². The second-order valence-electron chi connectivity index (χ2n) is 7.76. The van der Waals surface area contributed by atoms with Crippen LogP contribution in [-0.2, 0) is 14.3 Å². The molecule has 2 aromatic rings. The highest BCUT2D eigenvalue weighted by atomic mass is 79.9. The Morgan fingerprint density at radius 3 is 2.45 bits per heavy atom. The quantitative estimate of drug-likeness (QED) is 0.319. The zero-order chi connectivity index (χ0) is 21.2. The number of nitrogens with zero attached hydrogens (tertiary/aromatic N) is 1. The average Bonchev–Trinajstić information content (AvgIpc) is 3.05. The van der Waals surface area contributed by atoms with Gasteiger partial charge in [0.15, 0.2) is 0 Å². The molecular weight excluding hydrogens is 454 g/mol. The molecule has 1 fully saturated rings. The highest BCUT2D eigenvalue weighted by molar-refractivity contribution is 9.10. The van der Waals surface area contributed by atoms with Crippen LogP contribution >= 0.6 is 27.3 Å². The summed E-state index contributed by atoms with van der Waals surface area (Å²) in [6, 6.07) is 7.59. The van der Waals surface area contributed by atoms with Crippen LogP contribution in [0.2, 0.25) is 0 Å². The Balaban J connectivity index is 1.96. The van der Waals surface area contributed by atoms with Gasteiger partial charge in [-0.25, -0.2) is 9.79 Å². The maximum atomic E-state index is 12.6. The first-order valence-corrected chi connectivity index (χ1v) is 11.0. The van der Waals surface area contributed by atoms with Crippen molar-refractivity contribution < 1.29 is 19.1 Å². The van der Waals surface area contributed by atoms with Gasteiger partial charge in [0.25, 0.3) is 0 Å². The molecule has 1 saturated carbocycles. The van der Waals surface area contributed by atoms with Crippen molar-refractivity contribution in [1.29, 1.82) is 0 Å². The summed E-state index contributed by atoms with van der Waals surface area (Å²) in [4.78, 5) is 41.8. The first-order chi connectivity index (χ1) is 13.7. The van der Waals surface area contributed by atoms with Crippen LogP contribution in [0.1, 0.15) is 44.0 Å². The molecule has 5 nitrogen and oxygen atoms in total. The predicted molar refractivity (Wildman–Crippen MR) is 118 cm³/mol. The first-order valence-electron chi connectivity index (χ1n) is 9.36. The number of thiophene rings is 1. The molecule has 0 spiro atoms. The lowest BCUT2D eigenvalue weighted by Gasteiger charge is -2.30. The fourth-order valence-electron chi connectivity index (χ4n) is 3.40. The fraction of sp³-hybridized carbons (Fsp3) is 0.364. The molecule has 0 radical (unpaired) electrons. The van der Waals surface area contributed by atoms with Crippen molar-refractivity contribution in [1.82, 2.24) is 0 Å². The Kier molecular flexibility index (Phi) is 6.49. The number of halogens is 1. The number of carbonyl (C=O) groups is 3. The van der Waals surface area contributed by atoms with Crippen LogP contribution in [0.15, 0.2) is 39.1 Å². The van der Waals surface area contributed by atoms with E-state index in [0.29, 0.717) is 23.4 Å². The standard InChI is InChI=1S/C22H22BrNO4S/c1-4-28-21(27)19-16(13-5-7-14(23)8-6-13)12-29-20(19)24-11-15-17(25)9-22(2,3)10-18(15)26/h5-8,11-12,15H,4,9-10H2,1-3H3. The normalized spacial score (nSPS) is 17.1.